The average molecular weight is 253 g/mol. The van der Waals surface area contributed by atoms with Gasteiger partial charge in [-0.3, -0.25) is 4.79 Å². The predicted octanol–water partition coefficient (Wildman–Crippen LogP) is 2.57. The number of hydrogen-bond donors (Lipinski definition) is 2. The van der Waals surface area contributed by atoms with Crippen molar-refractivity contribution in [3.05, 3.63) is 29.3 Å². The molecule has 2 N–H and O–H groups in total. The van der Waals surface area contributed by atoms with Crippen LogP contribution in [-0.2, 0) is 0 Å². The van der Waals surface area contributed by atoms with Gasteiger partial charge in [0.15, 0.2) is 0 Å². The zero-order valence-electron chi connectivity index (χ0n) is 10.7. The zero-order valence-corrected chi connectivity index (χ0v) is 11.5. The Kier molecular flexibility index (Phi) is 4.46. The van der Waals surface area contributed by atoms with Crippen LogP contribution in [0.3, 0.4) is 0 Å². The van der Waals surface area contributed by atoms with Crippen molar-refractivity contribution in [3.8, 4) is 5.75 Å². The zero-order chi connectivity index (χ0) is 13.1. The number of nitrogens with one attached hydrogen (secondary N) is 1. The molecule has 0 spiro atoms. The summed E-state index contributed by atoms with van der Waals surface area (Å²) < 4.78 is -0.00486. The minimum absolute atomic E-state index is 0.00486. The summed E-state index contributed by atoms with van der Waals surface area (Å²) >= 11 is 1.69. The molecular formula is C13H19NO2S. The van der Waals surface area contributed by atoms with E-state index < -0.39 is 0 Å². The van der Waals surface area contributed by atoms with Crippen molar-refractivity contribution in [2.24, 2.45) is 0 Å². The first kappa shape index (κ1) is 13.9. The number of rotatable bonds is 4. The first-order chi connectivity index (χ1) is 7.85. The topological polar surface area (TPSA) is 49.3 Å². The van der Waals surface area contributed by atoms with Crippen LogP contribution in [-0.4, -0.2) is 28.6 Å². The third-order valence-corrected chi connectivity index (χ3v) is 3.87. The molecule has 0 radical (unpaired) electrons. The highest BCUT2D eigenvalue weighted by Gasteiger charge is 2.18. The van der Waals surface area contributed by atoms with Gasteiger partial charge in [-0.2, -0.15) is 11.8 Å². The number of phenols is 1. The Morgan fingerprint density at radius 2 is 2.12 bits per heavy atom. The minimum Gasteiger partial charge on any atom is -0.507 e. The van der Waals surface area contributed by atoms with E-state index in [0.29, 0.717) is 12.1 Å². The molecule has 94 valence electrons. The van der Waals surface area contributed by atoms with Gasteiger partial charge in [-0.1, -0.05) is 11.6 Å². The molecule has 1 rings (SSSR count). The van der Waals surface area contributed by atoms with Gasteiger partial charge in [-0.15, -0.1) is 0 Å². The van der Waals surface area contributed by atoms with Crippen molar-refractivity contribution in [2.75, 3.05) is 12.8 Å². The lowest BCUT2D eigenvalue weighted by Gasteiger charge is -2.22. The van der Waals surface area contributed by atoms with E-state index >= 15 is 0 Å². The van der Waals surface area contributed by atoms with Crippen LogP contribution in [0.2, 0.25) is 0 Å². The van der Waals surface area contributed by atoms with Gasteiger partial charge in [0.1, 0.15) is 5.75 Å². The van der Waals surface area contributed by atoms with E-state index in [9.17, 15) is 9.90 Å². The Balaban J connectivity index is 2.74. The van der Waals surface area contributed by atoms with Gasteiger partial charge in [0.25, 0.3) is 5.91 Å². The molecule has 3 nitrogen and oxygen atoms in total. The number of phenolic OH excluding ortho intramolecular Hbond substituents is 1. The molecule has 0 aliphatic rings. The quantitative estimate of drug-likeness (QED) is 0.867. The number of carbonyl (C=O) groups is 1. The number of aryl methyl sites for hydroxylation is 1. The summed E-state index contributed by atoms with van der Waals surface area (Å²) in [5.41, 5.74) is 1.29. The van der Waals surface area contributed by atoms with E-state index in [1.165, 1.54) is 0 Å². The third-order valence-electron chi connectivity index (χ3n) is 2.62. The molecule has 1 aromatic rings. The van der Waals surface area contributed by atoms with Crippen molar-refractivity contribution in [2.45, 2.75) is 25.5 Å². The van der Waals surface area contributed by atoms with Crippen molar-refractivity contribution in [3.63, 3.8) is 0 Å². The molecule has 0 aromatic heterocycles. The van der Waals surface area contributed by atoms with Crippen molar-refractivity contribution in [1.29, 1.82) is 0 Å². The maximum Gasteiger partial charge on any atom is 0.255 e. The second-order valence-corrected chi connectivity index (χ2v) is 6.18. The summed E-state index contributed by atoms with van der Waals surface area (Å²) in [4.78, 5) is 11.9. The molecule has 0 aliphatic heterocycles. The van der Waals surface area contributed by atoms with E-state index in [1.807, 2.05) is 13.2 Å². The molecule has 1 aromatic carbocycles. The lowest BCUT2D eigenvalue weighted by molar-refractivity contribution is 0.0948. The Bertz CT molecular complexity index is 416. The number of amides is 1. The molecular weight excluding hydrogens is 234 g/mol. The Morgan fingerprint density at radius 3 is 2.71 bits per heavy atom. The van der Waals surface area contributed by atoms with E-state index in [-0.39, 0.29) is 16.4 Å². The summed E-state index contributed by atoms with van der Waals surface area (Å²) in [5, 5.41) is 12.5. The van der Waals surface area contributed by atoms with Gasteiger partial charge >= 0.3 is 0 Å². The van der Waals surface area contributed by atoms with Gasteiger partial charge in [-0.05, 0) is 39.2 Å². The highest BCUT2D eigenvalue weighted by Crippen LogP contribution is 2.21. The maximum atomic E-state index is 11.9. The monoisotopic (exact) mass is 253 g/mol. The number of carbonyl (C=O) groups excluding carboxylic acids is 1. The minimum atomic E-state index is -0.228. The second-order valence-electron chi connectivity index (χ2n) is 4.67. The second kappa shape index (κ2) is 5.45. The van der Waals surface area contributed by atoms with Crippen LogP contribution in [0.4, 0.5) is 0 Å². The Morgan fingerprint density at radius 1 is 1.47 bits per heavy atom. The summed E-state index contributed by atoms with van der Waals surface area (Å²) in [6.07, 6.45) is 2.01. The largest absolute Gasteiger partial charge is 0.507 e. The Hall–Kier alpha value is -1.16. The molecule has 0 atom stereocenters. The first-order valence-corrected chi connectivity index (χ1v) is 6.71. The molecule has 4 heteroatoms. The fraction of sp³-hybridized carbons (Fsp3) is 0.462. The summed E-state index contributed by atoms with van der Waals surface area (Å²) in [7, 11) is 0. The normalized spacial score (nSPS) is 11.3. The van der Waals surface area contributed by atoms with Crippen LogP contribution in [0.15, 0.2) is 18.2 Å². The SMILES string of the molecule is CSC(C)(C)CNC(=O)c1cc(C)ccc1O. The van der Waals surface area contributed by atoms with Gasteiger partial charge in [-0.25, -0.2) is 0 Å². The highest BCUT2D eigenvalue weighted by atomic mass is 32.2. The first-order valence-electron chi connectivity index (χ1n) is 5.49. The number of aromatic hydroxyl groups is 1. The lowest BCUT2D eigenvalue weighted by atomic mass is 10.1. The van der Waals surface area contributed by atoms with Crippen molar-refractivity contribution in [1.82, 2.24) is 5.32 Å². The van der Waals surface area contributed by atoms with Gasteiger partial charge in [0.05, 0.1) is 5.56 Å². The third kappa shape index (κ3) is 3.97. The lowest BCUT2D eigenvalue weighted by Crippen LogP contribution is -2.36. The predicted molar refractivity (Wildman–Crippen MR) is 72.8 cm³/mol. The van der Waals surface area contributed by atoms with Gasteiger partial charge in [0, 0.05) is 11.3 Å². The highest BCUT2D eigenvalue weighted by molar-refractivity contribution is 7.99. The van der Waals surface area contributed by atoms with Crippen LogP contribution in [0, 0.1) is 6.92 Å². The number of hydrogen-bond acceptors (Lipinski definition) is 3. The average Bonchev–Trinajstić information content (AvgIpc) is 2.29. The molecule has 0 fully saturated rings. The van der Waals surface area contributed by atoms with Crippen LogP contribution in [0.5, 0.6) is 5.75 Å². The molecule has 0 bridgehead atoms. The smallest absolute Gasteiger partial charge is 0.255 e. The summed E-state index contributed by atoms with van der Waals surface area (Å²) in [6.45, 7) is 6.59. The fourth-order valence-electron chi connectivity index (χ4n) is 1.29. The van der Waals surface area contributed by atoms with Crippen LogP contribution >= 0.6 is 11.8 Å². The summed E-state index contributed by atoms with van der Waals surface area (Å²) in [6, 6.07) is 5.01. The molecule has 0 aliphatic carbocycles. The van der Waals surface area contributed by atoms with E-state index in [0.717, 1.165) is 5.56 Å². The van der Waals surface area contributed by atoms with Crippen LogP contribution in [0.25, 0.3) is 0 Å². The van der Waals surface area contributed by atoms with E-state index in [2.05, 4.69) is 19.2 Å². The van der Waals surface area contributed by atoms with E-state index in [4.69, 9.17) is 0 Å². The molecule has 1 amide bonds. The molecule has 0 saturated heterocycles. The molecule has 0 saturated carbocycles. The number of thioether (sulfide) groups is 1. The summed E-state index contributed by atoms with van der Waals surface area (Å²) in [5.74, 6) is -0.205. The van der Waals surface area contributed by atoms with E-state index in [1.54, 1.807) is 30.0 Å². The molecule has 17 heavy (non-hydrogen) atoms. The molecule has 0 unspecified atom stereocenters. The van der Waals surface area contributed by atoms with Crippen LogP contribution < -0.4 is 5.32 Å². The fourth-order valence-corrected chi connectivity index (χ4v) is 1.51. The van der Waals surface area contributed by atoms with Gasteiger partial charge in [0.2, 0.25) is 0 Å². The maximum absolute atomic E-state index is 11.9. The molecule has 0 heterocycles. The number of benzene rings is 1. The standard InChI is InChI=1S/C13H19NO2S/c1-9-5-6-11(15)10(7-9)12(16)14-8-13(2,3)17-4/h5-7,15H,8H2,1-4H3,(H,14,16). The van der Waals surface area contributed by atoms with Gasteiger partial charge < -0.3 is 10.4 Å². The Labute approximate surface area is 107 Å². The van der Waals surface area contributed by atoms with Crippen molar-refractivity contribution < 1.29 is 9.90 Å². The van der Waals surface area contributed by atoms with Crippen LogP contribution in [0.1, 0.15) is 29.8 Å². The van der Waals surface area contributed by atoms with Crippen molar-refractivity contribution >= 4 is 17.7 Å².